The van der Waals surface area contributed by atoms with Crippen LogP contribution in [0.3, 0.4) is 0 Å². The summed E-state index contributed by atoms with van der Waals surface area (Å²) in [4.78, 5) is 12.5. The molecule has 0 aliphatic heterocycles. The number of rotatable bonds is 2. The van der Waals surface area contributed by atoms with Gasteiger partial charge in [-0.1, -0.05) is 29.8 Å². The molecule has 3 rings (SSSR count). The number of fused-ring (bicyclic) bond motifs is 1. The van der Waals surface area contributed by atoms with Crippen molar-refractivity contribution in [2.45, 2.75) is 20.8 Å². The van der Waals surface area contributed by atoms with E-state index in [1.165, 1.54) is 6.07 Å². The van der Waals surface area contributed by atoms with Crippen LogP contribution in [0.4, 0.5) is 10.1 Å². The number of carbonyl (C=O) groups excluding carboxylic acids is 1. The molecule has 5 heteroatoms. The summed E-state index contributed by atoms with van der Waals surface area (Å²) >= 11 is 6.20. The molecular formula is C18H15ClFNO2. The van der Waals surface area contributed by atoms with Gasteiger partial charge in [0.05, 0.1) is 10.7 Å². The Morgan fingerprint density at radius 3 is 2.61 bits per heavy atom. The summed E-state index contributed by atoms with van der Waals surface area (Å²) in [5.74, 6) is -0.859. The Balaban J connectivity index is 2.02. The molecule has 0 bridgehead atoms. The summed E-state index contributed by atoms with van der Waals surface area (Å²) in [6, 6.07) is 8.30. The average Bonchev–Trinajstić information content (AvgIpc) is 2.82. The zero-order valence-corrected chi connectivity index (χ0v) is 13.7. The quantitative estimate of drug-likeness (QED) is 0.682. The molecule has 0 atom stereocenters. The molecule has 0 saturated heterocycles. The Labute approximate surface area is 138 Å². The second kappa shape index (κ2) is 5.70. The van der Waals surface area contributed by atoms with Crippen molar-refractivity contribution in [3.8, 4) is 0 Å². The van der Waals surface area contributed by atoms with E-state index in [-0.39, 0.29) is 11.3 Å². The summed E-state index contributed by atoms with van der Waals surface area (Å²) in [5.41, 5.74) is 3.07. The summed E-state index contributed by atoms with van der Waals surface area (Å²) < 4.78 is 19.2. The number of carbonyl (C=O) groups is 1. The molecule has 0 saturated carbocycles. The van der Waals surface area contributed by atoms with E-state index in [9.17, 15) is 9.18 Å². The summed E-state index contributed by atoms with van der Waals surface area (Å²) in [6.07, 6.45) is 0. The van der Waals surface area contributed by atoms with Crippen molar-refractivity contribution in [3.05, 3.63) is 63.6 Å². The maximum atomic E-state index is 13.8. The third-order valence-corrected chi connectivity index (χ3v) is 4.09. The van der Waals surface area contributed by atoms with Gasteiger partial charge in [0.25, 0.3) is 5.91 Å². The van der Waals surface area contributed by atoms with Gasteiger partial charge in [0.2, 0.25) is 0 Å². The van der Waals surface area contributed by atoms with Crippen LogP contribution in [-0.4, -0.2) is 5.91 Å². The topological polar surface area (TPSA) is 42.2 Å². The Morgan fingerprint density at radius 1 is 1.22 bits per heavy atom. The summed E-state index contributed by atoms with van der Waals surface area (Å²) in [5, 5.41) is 3.80. The SMILES string of the molecule is Cc1cc(C)c(NC(=O)c2oc3c(F)cccc3c2C)c(Cl)c1. The molecule has 0 unspecified atom stereocenters. The Hall–Kier alpha value is -2.33. The first-order valence-electron chi connectivity index (χ1n) is 7.14. The second-order valence-corrected chi connectivity index (χ2v) is 5.97. The smallest absolute Gasteiger partial charge is 0.291 e. The summed E-state index contributed by atoms with van der Waals surface area (Å²) in [7, 11) is 0. The van der Waals surface area contributed by atoms with Gasteiger partial charge in [0, 0.05) is 10.9 Å². The molecule has 23 heavy (non-hydrogen) atoms. The van der Waals surface area contributed by atoms with Crippen molar-refractivity contribution in [1.82, 2.24) is 0 Å². The maximum Gasteiger partial charge on any atom is 0.291 e. The number of amides is 1. The molecule has 1 amide bonds. The molecule has 118 valence electrons. The standard InChI is InChI=1S/C18H15ClFNO2/c1-9-7-10(2)15(13(19)8-9)21-18(22)16-11(3)12-5-4-6-14(20)17(12)23-16/h4-8H,1-3H3,(H,21,22). The van der Waals surface area contributed by atoms with Gasteiger partial charge in [-0.3, -0.25) is 4.79 Å². The molecule has 0 radical (unpaired) electrons. The molecule has 1 N–H and O–H groups in total. The van der Waals surface area contributed by atoms with Gasteiger partial charge in [0.15, 0.2) is 17.2 Å². The van der Waals surface area contributed by atoms with Crippen LogP contribution < -0.4 is 5.32 Å². The lowest BCUT2D eigenvalue weighted by Crippen LogP contribution is -2.13. The van der Waals surface area contributed by atoms with Crippen LogP contribution in [0.5, 0.6) is 0 Å². The molecule has 0 aliphatic rings. The highest BCUT2D eigenvalue weighted by Gasteiger charge is 2.20. The number of halogens is 2. The van der Waals surface area contributed by atoms with Gasteiger partial charge < -0.3 is 9.73 Å². The number of hydrogen-bond acceptors (Lipinski definition) is 2. The highest BCUT2D eigenvalue weighted by molar-refractivity contribution is 6.34. The van der Waals surface area contributed by atoms with E-state index in [0.717, 1.165) is 11.1 Å². The van der Waals surface area contributed by atoms with Crippen LogP contribution in [0.2, 0.25) is 5.02 Å². The number of anilines is 1. The normalized spacial score (nSPS) is 11.0. The van der Waals surface area contributed by atoms with Crippen molar-refractivity contribution >= 4 is 34.2 Å². The first kappa shape index (κ1) is 15.6. The van der Waals surface area contributed by atoms with Crippen LogP contribution in [0, 0.1) is 26.6 Å². The minimum Gasteiger partial charge on any atom is -0.448 e. The van der Waals surface area contributed by atoms with E-state index in [4.69, 9.17) is 16.0 Å². The van der Waals surface area contributed by atoms with Crippen LogP contribution in [0.1, 0.15) is 27.2 Å². The second-order valence-electron chi connectivity index (χ2n) is 5.57. The number of nitrogens with one attached hydrogen (secondary N) is 1. The number of furan rings is 1. The van der Waals surface area contributed by atoms with Crippen molar-refractivity contribution in [1.29, 1.82) is 0 Å². The predicted octanol–water partition coefficient (Wildman–Crippen LogP) is 5.40. The Morgan fingerprint density at radius 2 is 1.96 bits per heavy atom. The fraction of sp³-hybridized carbons (Fsp3) is 0.167. The zero-order chi connectivity index (χ0) is 16.7. The molecule has 0 fully saturated rings. The van der Waals surface area contributed by atoms with Crippen molar-refractivity contribution < 1.29 is 13.6 Å². The van der Waals surface area contributed by atoms with Gasteiger partial charge in [-0.15, -0.1) is 0 Å². The lowest BCUT2D eigenvalue weighted by molar-refractivity contribution is 0.0997. The van der Waals surface area contributed by atoms with Crippen LogP contribution in [0.15, 0.2) is 34.7 Å². The largest absolute Gasteiger partial charge is 0.448 e. The zero-order valence-electron chi connectivity index (χ0n) is 13.0. The monoisotopic (exact) mass is 331 g/mol. The third-order valence-electron chi connectivity index (χ3n) is 3.79. The number of benzene rings is 2. The predicted molar refractivity (Wildman–Crippen MR) is 89.8 cm³/mol. The molecular weight excluding hydrogens is 317 g/mol. The van der Waals surface area contributed by atoms with Crippen LogP contribution >= 0.6 is 11.6 Å². The van der Waals surface area contributed by atoms with E-state index >= 15 is 0 Å². The molecule has 0 spiro atoms. The van der Waals surface area contributed by atoms with Crippen molar-refractivity contribution in [2.24, 2.45) is 0 Å². The van der Waals surface area contributed by atoms with Gasteiger partial charge in [-0.05, 0) is 44.0 Å². The molecule has 0 aliphatic carbocycles. The van der Waals surface area contributed by atoms with Crippen LogP contribution in [0.25, 0.3) is 11.0 Å². The van der Waals surface area contributed by atoms with E-state index in [0.29, 0.717) is 21.7 Å². The first-order chi connectivity index (χ1) is 10.9. The number of hydrogen-bond donors (Lipinski definition) is 1. The molecule has 1 aromatic heterocycles. The molecule has 3 nitrogen and oxygen atoms in total. The Bertz CT molecular complexity index is 907. The van der Waals surface area contributed by atoms with Crippen LogP contribution in [-0.2, 0) is 0 Å². The van der Waals surface area contributed by atoms with Gasteiger partial charge in [-0.25, -0.2) is 4.39 Å². The van der Waals surface area contributed by atoms with E-state index in [1.54, 1.807) is 25.1 Å². The number of para-hydroxylation sites is 1. The minimum atomic E-state index is -0.491. The molecule has 1 heterocycles. The molecule has 2 aromatic carbocycles. The van der Waals surface area contributed by atoms with E-state index in [2.05, 4.69) is 5.32 Å². The lowest BCUT2D eigenvalue weighted by Gasteiger charge is -2.10. The van der Waals surface area contributed by atoms with E-state index in [1.807, 2.05) is 19.9 Å². The minimum absolute atomic E-state index is 0.0844. The molecule has 3 aromatic rings. The van der Waals surface area contributed by atoms with Crippen molar-refractivity contribution in [3.63, 3.8) is 0 Å². The highest BCUT2D eigenvalue weighted by atomic mass is 35.5. The summed E-state index contributed by atoms with van der Waals surface area (Å²) in [6.45, 7) is 5.51. The van der Waals surface area contributed by atoms with Crippen molar-refractivity contribution in [2.75, 3.05) is 5.32 Å². The third kappa shape index (κ3) is 2.70. The lowest BCUT2D eigenvalue weighted by atomic mass is 10.1. The highest BCUT2D eigenvalue weighted by Crippen LogP contribution is 2.31. The maximum absolute atomic E-state index is 13.8. The first-order valence-corrected chi connectivity index (χ1v) is 7.52. The van der Waals surface area contributed by atoms with E-state index < -0.39 is 11.7 Å². The van der Waals surface area contributed by atoms with Gasteiger partial charge >= 0.3 is 0 Å². The fourth-order valence-corrected chi connectivity index (χ4v) is 3.04. The Kier molecular flexibility index (Phi) is 3.86. The van der Waals surface area contributed by atoms with Gasteiger partial charge in [-0.2, -0.15) is 0 Å². The number of aryl methyl sites for hydroxylation is 3. The average molecular weight is 332 g/mol. The van der Waals surface area contributed by atoms with Gasteiger partial charge in [0.1, 0.15) is 0 Å². The fourth-order valence-electron chi connectivity index (χ4n) is 2.67.